The third-order valence-electron chi connectivity index (χ3n) is 5.46. The fourth-order valence-corrected chi connectivity index (χ4v) is 3.56. The molecule has 0 radical (unpaired) electrons. The molecule has 2 aromatic carbocycles. The highest BCUT2D eigenvalue weighted by molar-refractivity contribution is 6.03. The first kappa shape index (κ1) is 21.3. The highest BCUT2D eigenvalue weighted by Gasteiger charge is 2.13. The van der Waals surface area contributed by atoms with Crippen molar-refractivity contribution in [1.29, 1.82) is 0 Å². The van der Waals surface area contributed by atoms with E-state index >= 15 is 0 Å². The molecule has 3 aromatic heterocycles. The zero-order valence-electron chi connectivity index (χ0n) is 18.5. The number of carbonyl (C=O) groups excluding carboxylic acids is 1. The second-order valence-electron chi connectivity index (χ2n) is 7.83. The molecule has 1 amide bonds. The van der Waals surface area contributed by atoms with E-state index in [1.54, 1.807) is 47.4 Å². The molecule has 168 valence electrons. The molecule has 1 N–H and O–H groups in total. The van der Waals surface area contributed by atoms with Gasteiger partial charge >= 0.3 is 0 Å². The molecule has 0 saturated heterocycles. The van der Waals surface area contributed by atoms with Crippen LogP contribution in [0.4, 0.5) is 5.82 Å². The number of carbonyl (C=O) groups is 1. The van der Waals surface area contributed by atoms with Crippen molar-refractivity contribution < 1.29 is 9.21 Å². The molecule has 0 unspecified atom stereocenters. The van der Waals surface area contributed by atoms with Gasteiger partial charge in [0.15, 0.2) is 5.82 Å². The fourth-order valence-electron chi connectivity index (χ4n) is 3.56. The van der Waals surface area contributed by atoms with Gasteiger partial charge in [-0.25, -0.2) is 0 Å². The molecule has 5 aromatic rings. The predicted molar refractivity (Wildman–Crippen MR) is 128 cm³/mol. The lowest BCUT2D eigenvalue weighted by molar-refractivity contribution is 0.102. The Morgan fingerprint density at radius 2 is 1.71 bits per heavy atom. The van der Waals surface area contributed by atoms with Gasteiger partial charge in [-0.3, -0.25) is 14.5 Å². The Kier molecular flexibility index (Phi) is 5.94. The van der Waals surface area contributed by atoms with E-state index in [0.29, 0.717) is 29.7 Å². The molecule has 0 aliphatic heterocycles. The lowest BCUT2D eigenvalue weighted by Gasteiger charge is -2.04. The third kappa shape index (κ3) is 4.75. The number of anilines is 1. The minimum absolute atomic E-state index is 0.239. The van der Waals surface area contributed by atoms with E-state index in [4.69, 9.17) is 4.42 Å². The highest BCUT2D eigenvalue weighted by Crippen LogP contribution is 2.26. The van der Waals surface area contributed by atoms with Gasteiger partial charge in [0.05, 0.1) is 0 Å². The van der Waals surface area contributed by atoms with E-state index in [9.17, 15) is 4.79 Å². The van der Waals surface area contributed by atoms with Crippen LogP contribution in [0.25, 0.3) is 22.9 Å². The average molecular weight is 451 g/mol. The van der Waals surface area contributed by atoms with Gasteiger partial charge in [0.25, 0.3) is 5.91 Å². The molecule has 0 spiro atoms. The number of nitrogens with one attached hydrogen (secondary N) is 1. The molecular weight excluding hydrogens is 428 g/mol. The average Bonchev–Trinajstić information content (AvgIpc) is 3.54. The van der Waals surface area contributed by atoms with Crippen LogP contribution in [0, 0.1) is 6.92 Å². The van der Waals surface area contributed by atoms with Crippen molar-refractivity contribution in [3.8, 4) is 22.9 Å². The quantitative estimate of drug-likeness (QED) is 0.382. The van der Waals surface area contributed by atoms with Crippen LogP contribution in [0.1, 0.15) is 21.5 Å². The van der Waals surface area contributed by atoms with Crippen LogP contribution in [-0.2, 0) is 13.0 Å². The number of rotatable bonds is 7. The van der Waals surface area contributed by atoms with Crippen molar-refractivity contribution in [3.05, 3.63) is 102 Å². The number of pyridine rings is 1. The van der Waals surface area contributed by atoms with Crippen LogP contribution >= 0.6 is 0 Å². The molecule has 3 heterocycles. The number of benzene rings is 2. The Morgan fingerprint density at radius 3 is 2.50 bits per heavy atom. The summed E-state index contributed by atoms with van der Waals surface area (Å²) < 4.78 is 7.66. The maximum atomic E-state index is 12.7. The van der Waals surface area contributed by atoms with Crippen molar-refractivity contribution in [2.24, 2.45) is 0 Å². The van der Waals surface area contributed by atoms with E-state index in [1.807, 2.05) is 49.5 Å². The number of nitrogens with zero attached hydrogens (tertiary/aromatic N) is 5. The van der Waals surface area contributed by atoms with Crippen molar-refractivity contribution >= 4 is 11.7 Å². The van der Waals surface area contributed by atoms with Gasteiger partial charge in [0, 0.05) is 47.9 Å². The summed E-state index contributed by atoms with van der Waals surface area (Å²) in [4.78, 5) is 16.7. The number of aryl methyl sites for hydroxylation is 3. The molecule has 0 saturated carbocycles. The second-order valence-corrected chi connectivity index (χ2v) is 7.83. The Bertz CT molecular complexity index is 1410. The number of amides is 1. The maximum Gasteiger partial charge on any atom is 0.256 e. The second kappa shape index (κ2) is 9.50. The normalized spacial score (nSPS) is 10.9. The van der Waals surface area contributed by atoms with Crippen LogP contribution in [0.15, 0.2) is 89.7 Å². The Labute approximate surface area is 196 Å². The third-order valence-corrected chi connectivity index (χ3v) is 5.46. The number of hydrogen-bond acceptors (Lipinski definition) is 6. The van der Waals surface area contributed by atoms with E-state index in [2.05, 4.69) is 25.6 Å². The van der Waals surface area contributed by atoms with Gasteiger partial charge in [-0.05, 0) is 66.9 Å². The van der Waals surface area contributed by atoms with Crippen molar-refractivity contribution in [3.63, 3.8) is 0 Å². The van der Waals surface area contributed by atoms with Crippen molar-refractivity contribution in [1.82, 2.24) is 25.0 Å². The molecular formula is C26H22N6O2. The van der Waals surface area contributed by atoms with Crippen molar-refractivity contribution in [2.45, 2.75) is 19.9 Å². The molecule has 0 aliphatic carbocycles. The molecule has 8 nitrogen and oxygen atoms in total. The summed E-state index contributed by atoms with van der Waals surface area (Å²) in [5.74, 6) is 1.13. The minimum Gasteiger partial charge on any atom is -0.416 e. The number of aromatic nitrogens is 5. The summed E-state index contributed by atoms with van der Waals surface area (Å²) in [6.07, 6.45) is 6.23. The first-order valence-corrected chi connectivity index (χ1v) is 10.9. The minimum atomic E-state index is -0.239. The summed E-state index contributed by atoms with van der Waals surface area (Å²) in [5, 5.41) is 15.6. The lowest BCUT2D eigenvalue weighted by Crippen LogP contribution is -2.13. The summed E-state index contributed by atoms with van der Waals surface area (Å²) >= 11 is 0. The van der Waals surface area contributed by atoms with Crippen LogP contribution in [0.2, 0.25) is 0 Å². The Balaban J connectivity index is 1.22. The monoisotopic (exact) mass is 450 g/mol. The molecule has 0 atom stereocenters. The SMILES string of the molecule is Cc1ccccc1-c1nnc(-c2ccc(C(=O)Nc3ccn(CCc4ccncc4)n3)cc2)o1. The molecule has 0 fully saturated rings. The molecule has 8 heteroatoms. The van der Waals surface area contributed by atoms with Crippen LogP contribution in [-0.4, -0.2) is 30.9 Å². The van der Waals surface area contributed by atoms with Gasteiger partial charge < -0.3 is 9.73 Å². The van der Waals surface area contributed by atoms with E-state index in [0.717, 1.165) is 23.1 Å². The van der Waals surface area contributed by atoms with Gasteiger partial charge in [0.1, 0.15) is 0 Å². The van der Waals surface area contributed by atoms with Gasteiger partial charge in [-0.2, -0.15) is 5.10 Å². The summed E-state index contributed by atoms with van der Waals surface area (Å²) in [7, 11) is 0. The van der Waals surface area contributed by atoms with E-state index in [1.165, 1.54) is 5.56 Å². The van der Waals surface area contributed by atoms with Gasteiger partial charge in [-0.15, -0.1) is 10.2 Å². The molecule has 0 bridgehead atoms. The first-order valence-electron chi connectivity index (χ1n) is 10.9. The maximum absolute atomic E-state index is 12.7. The predicted octanol–water partition coefficient (Wildman–Crippen LogP) is 4.80. The van der Waals surface area contributed by atoms with Crippen LogP contribution < -0.4 is 5.32 Å². The summed E-state index contributed by atoms with van der Waals surface area (Å²) in [6.45, 7) is 2.71. The van der Waals surface area contributed by atoms with Gasteiger partial charge in [-0.1, -0.05) is 18.2 Å². The van der Waals surface area contributed by atoms with Crippen molar-refractivity contribution in [2.75, 3.05) is 5.32 Å². The lowest BCUT2D eigenvalue weighted by atomic mass is 10.1. The smallest absolute Gasteiger partial charge is 0.256 e. The highest BCUT2D eigenvalue weighted by atomic mass is 16.4. The largest absolute Gasteiger partial charge is 0.416 e. The van der Waals surface area contributed by atoms with Crippen LogP contribution in [0.5, 0.6) is 0 Å². The molecule has 34 heavy (non-hydrogen) atoms. The number of hydrogen-bond donors (Lipinski definition) is 1. The summed E-state index contributed by atoms with van der Waals surface area (Å²) in [6, 6.07) is 20.6. The zero-order chi connectivity index (χ0) is 23.3. The van der Waals surface area contributed by atoms with E-state index < -0.39 is 0 Å². The molecule has 5 rings (SSSR count). The van der Waals surface area contributed by atoms with Crippen LogP contribution in [0.3, 0.4) is 0 Å². The topological polar surface area (TPSA) is 98.7 Å². The summed E-state index contributed by atoms with van der Waals surface area (Å²) in [5.41, 5.74) is 4.39. The Hall–Kier alpha value is -4.59. The molecule has 0 aliphatic rings. The first-order chi connectivity index (χ1) is 16.7. The standard InChI is InChI=1S/C26H22N6O2/c1-18-4-2-3-5-22(18)26-30-29-25(34-26)21-8-6-20(7-9-21)24(33)28-23-13-17-32(31-23)16-12-19-10-14-27-15-11-19/h2-11,13-15,17H,12,16H2,1H3,(H,28,31,33). The van der Waals surface area contributed by atoms with Gasteiger partial charge in [0.2, 0.25) is 11.8 Å². The zero-order valence-corrected chi connectivity index (χ0v) is 18.5. The van der Waals surface area contributed by atoms with E-state index in [-0.39, 0.29) is 5.91 Å². The fraction of sp³-hybridized carbons (Fsp3) is 0.115. The Morgan fingerprint density at radius 1 is 0.941 bits per heavy atom.